The summed E-state index contributed by atoms with van der Waals surface area (Å²) in [6.45, 7) is 5.64. The Morgan fingerprint density at radius 3 is 2.71 bits per heavy atom. The van der Waals surface area contributed by atoms with Crippen LogP contribution in [0.2, 0.25) is 5.02 Å². The molecule has 1 saturated heterocycles. The summed E-state index contributed by atoms with van der Waals surface area (Å²) in [4.78, 5) is 6.67. The van der Waals surface area contributed by atoms with Crippen molar-refractivity contribution in [3.63, 3.8) is 0 Å². The van der Waals surface area contributed by atoms with Crippen LogP contribution in [-0.2, 0) is 6.61 Å². The monoisotopic (exact) mass is 479 g/mol. The van der Waals surface area contributed by atoms with Gasteiger partial charge in [0.05, 0.1) is 12.2 Å². The molecule has 2 aromatic heterocycles. The van der Waals surface area contributed by atoms with E-state index in [0.717, 1.165) is 48.2 Å². The van der Waals surface area contributed by atoms with Crippen molar-refractivity contribution in [2.75, 3.05) is 25.9 Å². The summed E-state index contributed by atoms with van der Waals surface area (Å²) < 4.78 is 8.05. The molecule has 1 aromatic carbocycles. The molecular formula is C26H30ClN5O2. The fourth-order valence-corrected chi connectivity index (χ4v) is 3.99. The number of aromatic nitrogens is 3. The number of rotatable bonds is 5. The molecular weight excluding hydrogens is 450 g/mol. The van der Waals surface area contributed by atoms with Crippen molar-refractivity contribution >= 4 is 17.4 Å². The molecule has 34 heavy (non-hydrogen) atoms. The highest BCUT2D eigenvalue weighted by Crippen LogP contribution is 2.30. The Hall–Kier alpha value is -3.05. The van der Waals surface area contributed by atoms with Gasteiger partial charge in [0.1, 0.15) is 12.2 Å². The predicted octanol–water partition coefficient (Wildman–Crippen LogP) is 4.15. The van der Waals surface area contributed by atoms with Gasteiger partial charge in [-0.25, -0.2) is 4.98 Å². The summed E-state index contributed by atoms with van der Waals surface area (Å²) >= 11 is 6.37. The van der Waals surface area contributed by atoms with Gasteiger partial charge in [0.25, 0.3) is 0 Å². The molecule has 0 atom stereocenters. The molecule has 178 valence electrons. The summed E-state index contributed by atoms with van der Waals surface area (Å²) in [5.74, 6) is 6.55. The average Bonchev–Trinajstić information content (AvgIpc) is 3.29. The lowest BCUT2D eigenvalue weighted by molar-refractivity contribution is 0.143. The highest BCUT2D eigenvalue weighted by molar-refractivity contribution is 6.31. The minimum absolute atomic E-state index is 0.209. The van der Waals surface area contributed by atoms with Crippen molar-refractivity contribution in [3.05, 3.63) is 59.0 Å². The van der Waals surface area contributed by atoms with Crippen LogP contribution in [0, 0.1) is 11.8 Å². The van der Waals surface area contributed by atoms with Crippen LogP contribution in [0.25, 0.3) is 11.1 Å². The number of benzene rings is 1. The third kappa shape index (κ3) is 6.09. The van der Waals surface area contributed by atoms with Gasteiger partial charge >= 0.3 is 0 Å². The maximum absolute atomic E-state index is 9.84. The maximum atomic E-state index is 9.84. The van der Waals surface area contributed by atoms with Gasteiger partial charge in [-0.3, -0.25) is 4.68 Å². The zero-order valence-corrected chi connectivity index (χ0v) is 20.5. The van der Waals surface area contributed by atoms with Gasteiger partial charge in [0.2, 0.25) is 0 Å². The van der Waals surface area contributed by atoms with Gasteiger partial charge in [0, 0.05) is 39.7 Å². The number of anilines is 1. The molecule has 1 fully saturated rings. The molecule has 3 aromatic rings. The Morgan fingerprint density at radius 1 is 1.21 bits per heavy atom. The molecule has 3 heterocycles. The summed E-state index contributed by atoms with van der Waals surface area (Å²) in [6, 6.07) is 7.72. The van der Waals surface area contributed by atoms with Gasteiger partial charge in [-0.2, -0.15) is 5.10 Å². The lowest BCUT2D eigenvalue weighted by Gasteiger charge is -2.28. The molecule has 4 rings (SSSR count). The highest BCUT2D eigenvalue weighted by atomic mass is 35.5. The van der Waals surface area contributed by atoms with E-state index in [1.165, 1.54) is 0 Å². The van der Waals surface area contributed by atoms with E-state index in [4.69, 9.17) is 22.1 Å². The second kappa shape index (κ2) is 10.1. The molecule has 0 radical (unpaired) electrons. The summed E-state index contributed by atoms with van der Waals surface area (Å²) in [7, 11) is 2.15. The Balaban J connectivity index is 1.49. The first-order chi connectivity index (χ1) is 16.2. The van der Waals surface area contributed by atoms with Crippen LogP contribution in [-0.4, -0.2) is 50.5 Å². The first kappa shape index (κ1) is 24.1. The zero-order valence-electron chi connectivity index (χ0n) is 19.8. The normalized spacial score (nSPS) is 15.1. The number of hydrogen-bond donors (Lipinski definition) is 2. The first-order valence-electron chi connectivity index (χ1n) is 11.3. The van der Waals surface area contributed by atoms with Gasteiger partial charge in [-0.15, -0.1) is 0 Å². The van der Waals surface area contributed by atoms with Crippen molar-refractivity contribution in [3.8, 4) is 28.7 Å². The number of hydrogen-bond acceptors (Lipinski definition) is 6. The number of aliphatic hydroxyl groups is 1. The molecule has 0 aliphatic carbocycles. The van der Waals surface area contributed by atoms with Crippen LogP contribution in [0.15, 0.2) is 42.9 Å². The van der Waals surface area contributed by atoms with Crippen molar-refractivity contribution in [1.82, 2.24) is 19.7 Å². The van der Waals surface area contributed by atoms with E-state index in [1.807, 2.05) is 24.4 Å². The van der Waals surface area contributed by atoms with Gasteiger partial charge in [-0.1, -0.05) is 23.4 Å². The predicted molar refractivity (Wildman–Crippen MR) is 135 cm³/mol. The first-order valence-corrected chi connectivity index (χ1v) is 11.7. The zero-order chi connectivity index (χ0) is 24.3. The van der Waals surface area contributed by atoms with Crippen molar-refractivity contribution < 1.29 is 9.84 Å². The number of nitrogens with two attached hydrogens (primary N) is 1. The van der Waals surface area contributed by atoms with Crippen molar-refractivity contribution in [1.29, 1.82) is 0 Å². The minimum atomic E-state index is -1.07. The third-order valence-corrected chi connectivity index (χ3v) is 6.19. The van der Waals surface area contributed by atoms with Gasteiger partial charge in [-0.05, 0) is 71.1 Å². The quantitative estimate of drug-likeness (QED) is 0.534. The summed E-state index contributed by atoms with van der Waals surface area (Å²) in [6.07, 6.45) is 7.83. The van der Waals surface area contributed by atoms with Crippen molar-refractivity contribution in [2.45, 2.75) is 44.9 Å². The minimum Gasteiger partial charge on any atom is -0.485 e. The largest absolute Gasteiger partial charge is 0.485 e. The number of halogens is 1. The standard InChI is InChI=1S/C26H30ClN5O2/c1-26(2,33)9-6-18-4-5-23(27)20(12-18)17-34-24-13-19(14-29-25(24)28)21-15-30-32(16-21)22-7-10-31(3)11-8-22/h4-5,12-16,22,33H,7-8,10-11,17H2,1-3H3,(H2,28,29). The second-order valence-electron chi connectivity index (χ2n) is 9.25. The number of ether oxygens (including phenoxy) is 1. The SMILES string of the molecule is CN1CCC(n2cc(-c3cnc(N)c(OCc4cc(C#CC(C)(C)O)ccc4Cl)c3)cn2)CC1. The summed E-state index contributed by atoms with van der Waals surface area (Å²) in [5.41, 5.74) is 8.38. The fraction of sp³-hybridized carbons (Fsp3) is 0.385. The summed E-state index contributed by atoms with van der Waals surface area (Å²) in [5, 5.41) is 15.0. The number of nitrogens with zero attached hydrogens (tertiary/aromatic N) is 4. The van der Waals surface area contributed by atoms with Gasteiger partial charge in [0.15, 0.2) is 11.6 Å². The van der Waals surface area contributed by atoms with Crippen LogP contribution in [0.1, 0.15) is 43.9 Å². The van der Waals surface area contributed by atoms with Gasteiger partial charge < -0.3 is 20.5 Å². The molecule has 8 heteroatoms. The van der Waals surface area contributed by atoms with E-state index in [9.17, 15) is 5.11 Å². The molecule has 0 amide bonds. The van der Waals surface area contributed by atoms with Crippen molar-refractivity contribution in [2.24, 2.45) is 0 Å². The number of nitrogen functional groups attached to an aromatic ring is 1. The third-order valence-electron chi connectivity index (χ3n) is 5.82. The Morgan fingerprint density at radius 2 is 1.97 bits per heavy atom. The van der Waals surface area contributed by atoms with Crippen LogP contribution >= 0.6 is 11.6 Å². The van der Waals surface area contributed by atoms with E-state index in [-0.39, 0.29) is 6.61 Å². The van der Waals surface area contributed by atoms with E-state index >= 15 is 0 Å². The smallest absolute Gasteiger partial charge is 0.166 e. The van der Waals surface area contributed by atoms with E-state index < -0.39 is 5.60 Å². The molecule has 0 spiro atoms. The molecule has 0 bridgehead atoms. The Bertz CT molecular complexity index is 1210. The highest BCUT2D eigenvalue weighted by Gasteiger charge is 2.19. The molecule has 0 saturated carbocycles. The second-order valence-corrected chi connectivity index (χ2v) is 9.66. The Labute approximate surface area is 205 Å². The maximum Gasteiger partial charge on any atom is 0.166 e. The number of likely N-dealkylation sites (tertiary alicyclic amines) is 1. The van der Waals surface area contributed by atoms with Crippen LogP contribution < -0.4 is 10.5 Å². The molecule has 7 nitrogen and oxygen atoms in total. The van der Waals surface area contributed by atoms with E-state index in [2.05, 4.69) is 44.7 Å². The van der Waals surface area contributed by atoms with E-state index in [0.29, 0.717) is 22.6 Å². The average molecular weight is 480 g/mol. The fourth-order valence-electron chi connectivity index (χ4n) is 3.82. The number of pyridine rings is 1. The molecule has 3 N–H and O–H groups in total. The lowest BCUT2D eigenvalue weighted by Crippen LogP contribution is -2.31. The lowest BCUT2D eigenvalue weighted by atomic mass is 10.1. The molecule has 0 unspecified atom stereocenters. The molecule has 1 aliphatic heterocycles. The number of piperidine rings is 1. The van der Waals surface area contributed by atoms with E-state index in [1.54, 1.807) is 26.1 Å². The van der Waals surface area contributed by atoms with Crippen LogP contribution in [0.3, 0.4) is 0 Å². The Kier molecular flexibility index (Phi) is 7.13. The topological polar surface area (TPSA) is 89.4 Å². The van der Waals surface area contributed by atoms with Crippen LogP contribution in [0.4, 0.5) is 5.82 Å². The van der Waals surface area contributed by atoms with Crippen LogP contribution in [0.5, 0.6) is 5.75 Å². The molecule has 1 aliphatic rings.